The minimum Gasteiger partial charge on any atom is -0.493 e. The molecule has 0 spiro atoms. The Morgan fingerprint density at radius 3 is 2.21 bits per heavy atom. The van der Waals surface area contributed by atoms with Gasteiger partial charge in [-0.15, -0.1) is 0 Å². The standard InChI is InChI=1S/C25H35N5O7S/c1-36-21-14-16-7-10-19(13-17(16)15-22(21)37-2)38(34,35)30(12-4-6-23(31)32)20(24(26)33)5-3-11-29(25(27)28)18-8-9-18/h7,10,13-15,18,20H,3-6,8-9,11-12H2,1-2H3,(H2,26,33)(H3,27,28)(H,31,32)/t20-/m0/s1. The number of ether oxygens (including phenoxy) is 2. The van der Waals surface area contributed by atoms with Crippen molar-refractivity contribution < 1.29 is 32.6 Å². The molecule has 0 bridgehead atoms. The molecule has 0 radical (unpaired) electrons. The Morgan fingerprint density at radius 2 is 1.68 bits per heavy atom. The van der Waals surface area contributed by atoms with Gasteiger partial charge in [-0.1, -0.05) is 6.07 Å². The largest absolute Gasteiger partial charge is 0.493 e. The van der Waals surface area contributed by atoms with E-state index in [0.717, 1.165) is 22.5 Å². The van der Waals surface area contributed by atoms with E-state index in [1.54, 1.807) is 23.1 Å². The third-order valence-electron chi connectivity index (χ3n) is 6.54. The Morgan fingerprint density at radius 1 is 1.05 bits per heavy atom. The summed E-state index contributed by atoms with van der Waals surface area (Å²) in [6, 6.07) is 6.88. The fraction of sp³-hybridized carbons (Fsp3) is 0.480. The summed E-state index contributed by atoms with van der Waals surface area (Å²) in [5.41, 5.74) is 11.4. The van der Waals surface area contributed by atoms with E-state index < -0.39 is 27.9 Å². The quantitative estimate of drug-likeness (QED) is 0.189. The molecule has 13 heteroatoms. The van der Waals surface area contributed by atoms with Gasteiger partial charge in [-0.25, -0.2) is 8.42 Å². The van der Waals surface area contributed by atoms with E-state index in [0.29, 0.717) is 29.9 Å². The third kappa shape index (κ3) is 6.84. The first-order chi connectivity index (χ1) is 18.0. The van der Waals surface area contributed by atoms with Crippen molar-refractivity contribution in [2.24, 2.45) is 11.5 Å². The number of nitrogens with zero attached hydrogens (tertiary/aromatic N) is 2. The van der Waals surface area contributed by atoms with E-state index in [1.165, 1.54) is 26.4 Å². The van der Waals surface area contributed by atoms with Crippen LogP contribution in [0, 0.1) is 5.41 Å². The lowest BCUT2D eigenvalue weighted by Crippen LogP contribution is -2.49. The van der Waals surface area contributed by atoms with E-state index in [4.69, 9.17) is 31.5 Å². The van der Waals surface area contributed by atoms with Gasteiger partial charge in [0.15, 0.2) is 17.5 Å². The zero-order valence-electron chi connectivity index (χ0n) is 21.6. The summed E-state index contributed by atoms with van der Waals surface area (Å²) < 4.78 is 39.3. The molecule has 1 saturated carbocycles. The highest BCUT2D eigenvalue weighted by atomic mass is 32.2. The molecule has 2 aromatic rings. The number of carbonyl (C=O) groups is 2. The number of nitrogens with one attached hydrogen (secondary N) is 1. The molecule has 6 N–H and O–H groups in total. The molecule has 1 aliphatic rings. The van der Waals surface area contributed by atoms with E-state index >= 15 is 0 Å². The number of benzene rings is 2. The summed E-state index contributed by atoms with van der Waals surface area (Å²) in [4.78, 5) is 25.3. The number of rotatable bonds is 15. The molecule has 0 unspecified atom stereocenters. The second kappa shape index (κ2) is 12.3. The Labute approximate surface area is 222 Å². The van der Waals surface area contributed by atoms with Crippen LogP contribution in [0.5, 0.6) is 11.5 Å². The second-order valence-electron chi connectivity index (χ2n) is 9.20. The van der Waals surface area contributed by atoms with Crippen LogP contribution in [0.2, 0.25) is 0 Å². The maximum Gasteiger partial charge on any atom is 0.303 e. The molecule has 1 aliphatic carbocycles. The van der Waals surface area contributed by atoms with Crippen molar-refractivity contribution in [3.8, 4) is 11.5 Å². The van der Waals surface area contributed by atoms with Crippen molar-refractivity contribution in [2.45, 2.75) is 55.5 Å². The van der Waals surface area contributed by atoms with Gasteiger partial charge in [0.25, 0.3) is 0 Å². The van der Waals surface area contributed by atoms with Crippen molar-refractivity contribution in [1.29, 1.82) is 5.41 Å². The normalized spacial score (nSPS) is 14.3. The van der Waals surface area contributed by atoms with Crippen molar-refractivity contribution in [3.63, 3.8) is 0 Å². The number of carbonyl (C=O) groups excluding carboxylic acids is 1. The van der Waals surface area contributed by atoms with E-state index in [-0.39, 0.29) is 42.7 Å². The van der Waals surface area contributed by atoms with Gasteiger partial charge in [-0.3, -0.25) is 15.0 Å². The SMILES string of the molecule is COc1cc2ccc(S(=O)(=O)N(CCCC(=O)O)[C@@H](CCCN(C(=N)N)C3CC3)C(N)=O)cc2cc1OC. The molecule has 38 heavy (non-hydrogen) atoms. The van der Waals surface area contributed by atoms with Crippen LogP contribution in [0.1, 0.15) is 38.5 Å². The summed E-state index contributed by atoms with van der Waals surface area (Å²) in [6.45, 7) is 0.176. The number of primary amides is 1. The molecule has 12 nitrogen and oxygen atoms in total. The minimum absolute atomic E-state index is 0.00140. The zero-order valence-corrected chi connectivity index (χ0v) is 22.4. The fourth-order valence-electron chi connectivity index (χ4n) is 4.45. The number of carboxylic acids is 1. The van der Waals surface area contributed by atoms with Gasteiger partial charge >= 0.3 is 5.97 Å². The molecule has 1 atom stereocenters. The number of nitrogens with two attached hydrogens (primary N) is 2. The van der Waals surface area contributed by atoms with Gasteiger partial charge in [0.1, 0.15) is 6.04 Å². The van der Waals surface area contributed by atoms with Crippen LogP contribution in [0.4, 0.5) is 0 Å². The van der Waals surface area contributed by atoms with Crippen molar-refractivity contribution >= 4 is 38.6 Å². The van der Waals surface area contributed by atoms with Crippen molar-refractivity contribution in [3.05, 3.63) is 30.3 Å². The van der Waals surface area contributed by atoms with Crippen LogP contribution in [-0.4, -0.2) is 80.0 Å². The zero-order chi connectivity index (χ0) is 28.0. The summed E-state index contributed by atoms with van der Waals surface area (Å²) in [6.07, 6.45) is 2.03. The summed E-state index contributed by atoms with van der Waals surface area (Å²) in [5, 5.41) is 18.2. The number of carboxylic acid groups (broad SMARTS) is 1. The maximum absolute atomic E-state index is 13.8. The van der Waals surface area contributed by atoms with Gasteiger partial charge in [-0.05, 0) is 67.1 Å². The molecule has 2 aromatic carbocycles. The lowest BCUT2D eigenvalue weighted by molar-refractivity contribution is -0.137. The second-order valence-corrected chi connectivity index (χ2v) is 11.1. The molecular formula is C25H35N5O7S. The summed E-state index contributed by atoms with van der Waals surface area (Å²) in [7, 11) is -1.28. The summed E-state index contributed by atoms with van der Waals surface area (Å²) >= 11 is 0. The highest BCUT2D eigenvalue weighted by molar-refractivity contribution is 7.89. The molecule has 3 rings (SSSR count). The lowest BCUT2D eigenvalue weighted by atomic mass is 10.1. The number of guanidine groups is 1. The number of methoxy groups -OCH3 is 2. The van der Waals surface area contributed by atoms with E-state index in [2.05, 4.69) is 0 Å². The summed E-state index contributed by atoms with van der Waals surface area (Å²) in [5.74, 6) is -1.07. The Hall–Kier alpha value is -3.58. The first-order valence-electron chi connectivity index (χ1n) is 12.3. The molecular weight excluding hydrogens is 514 g/mol. The molecule has 0 saturated heterocycles. The monoisotopic (exact) mass is 549 g/mol. The maximum atomic E-state index is 13.8. The molecule has 1 amide bonds. The number of aliphatic carboxylic acids is 1. The molecule has 0 heterocycles. The van der Waals surface area contributed by atoms with Crippen LogP contribution < -0.4 is 20.9 Å². The van der Waals surface area contributed by atoms with Crippen LogP contribution in [-0.2, 0) is 19.6 Å². The van der Waals surface area contributed by atoms with Gasteiger partial charge < -0.3 is 30.9 Å². The highest BCUT2D eigenvalue weighted by Gasteiger charge is 2.35. The number of amides is 1. The lowest BCUT2D eigenvalue weighted by Gasteiger charge is -2.30. The Bertz CT molecular complexity index is 1300. The molecule has 0 aromatic heterocycles. The van der Waals surface area contributed by atoms with Gasteiger partial charge in [0.2, 0.25) is 15.9 Å². The number of fused-ring (bicyclic) bond motifs is 1. The predicted octanol–water partition coefficient (Wildman–Crippen LogP) is 1.70. The van der Waals surface area contributed by atoms with Crippen LogP contribution >= 0.6 is 0 Å². The predicted molar refractivity (Wildman–Crippen MR) is 142 cm³/mol. The van der Waals surface area contributed by atoms with Crippen LogP contribution in [0.15, 0.2) is 35.2 Å². The number of hydrogen-bond acceptors (Lipinski definition) is 7. The highest BCUT2D eigenvalue weighted by Crippen LogP contribution is 2.34. The van der Waals surface area contributed by atoms with Crippen LogP contribution in [0.3, 0.4) is 0 Å². The molecule has 0 aliphatic heterocycles. The molecule has 208 valence electrons. The van der Waals surface area contributed by atoms with E-state index in [9.17, 15) is 18.0 Å². The number of hydrogen-bond donors (Lipinski definition) is 4. The minimum atomic E-state index is -4.25. The van der Waals surface area contributed by atoms with Crippen molar-refractivity contribution in [1.82, 2.24) is 9.21 Å². The third-order valence-corrected chi connectivity index (χ3v) is 8.44. The molecule has 1 fully saturated rings. The Kier molecular flexibility index (Phi) is 9.39. The van der Waals surface area contributed by atoms with E-state index in [1.807, 2.05) is 0 Å². The first-order valence-corrected chi connectivity index (χ1v) is 13.7. The Balaban J connectivity index is 1.93. The first kappa shape index (κ1) is 29.0. The van der Waals surface area contributed by atoms with Crippen molar-refractivity contribution in [2.75, 3.05) is 27.3 Å². The van der Waals surface area contributed by atoms with Gasteiger partial charge in [0, 0.05) is 25.6 Å². The smallest absolute Gasteiger partial charge is 0.303 e. The van der Waals surface area contributed by atoms with Crippen LogP contribution in [0.25, 0.3) is 10.8 Å². The fourth-order valence-corrected chi connectivity index (χ4v) is 6.15. The van der Waals surface area contributed by atoms with Gasteiger partial charge in [-0.2, -0.15) is 4.31 Å². The average Bonchev–Trinajstić information content (AvgIpc) is 3.70. The topological polar surface area (TPSA) is 189 Å². The van der Waals surface area contributed by atoms with Gasteiger partial charge in [0.05, 0.1) is 19.1 Å². The average molecular weight is 550 g/mol. The number of sulfonamides is 1.